The van der Waals surface area contributed by atoms with Gasteiger partial charge in [-0.3, -0.25) is 14.2 Å². The predicted molar refractivity (Wildman–Crippen MR) is 98.6 cm³/mol. The van der Waals surface area contributed by atoms with Crippen LogP contribution in [0.4, 0.5) is 5.69 Å². The number of carbonyl (C=O) groups is 2. The lowest BCUT2D eigenvalue weighted by atomic mass is 10.1. The summed E-state index contributed by atoms with van der Waals surface area (Å²) in [5.74, 6) is 0.332. The Balaban J connectivity index is 1.44. The topological polar surface area (TPSA) is 84.2 Å². The molecule has 1 aliphatic rings. The fourth-order valence-corrected chi connectivity index (χ4v) is 3.01. The molecule has 0 aliphatic carbocycles. The number of hydrogen-bond donors (Lipinski definition) is 0. The van der Waals surface area contributed by atoms with Gasteiger partial charge in [0, 0.05) is 25.0 Å². The highest BCUT2D eigenvalue weighted by Crippen LogP contribution is 2.19. The number of aromatic nitrogens is 4. The minimum Gasteiger partial charge on any atom is -0.327 e. The average Bonchev–Trinajstić information content (AvgIpc) is 3.23. The van der Waals surface area contributed by atoms with Crippen molar-refractivity contribution >= 4 is 17.5 Å². The molecule has 0 saturated carbocycles. The number of nitrogens with zero attached hydrogens (tertiary/aromatic N) is 6. The van der Waals surface area contributed by atoms with Crippen LogP contribution >= 0.6 is 0 Å². The first-order valence-electron chi connectivity index (χ1n) is 8.59. The number of anilines is 1. The molecule has 2 amide bonds. The molecule has 0 spiro atoms. The average molecular weight is 362 g/mol. The van der Waals surface area contributed by atoms with E-state index in [1.165, 1.54) is 18.9 Å². The van der Waals surface area contributed by atoms with Gasteiger partial charge in [-0.25, -0.2) is 4.98 Å². The Morgan fingerprint density at radius 3 is 2.37 bits per heavy atom. The third-order valence-electron chi connectivity index (χ3n) is 4.53. The van der Waals surface area contributed by atoms with E-state index in [9.17, 15) is 9.59 Å². The number of carbonyl (C=O) groups excluding carboxylic acids is 2. The molecule has 1 fully saturated rings. The van der Waals surface area contributed by atoms with Gasteiger partial charge in [0.1, 0.15) is 25.0 Å². The molecule has 27 heavy (non-hydrogen) atoms. The van der Waals surface area contributed by atoms with Gasteiger partial charge in [-0.15, -0.1) is 10.2 Å². The van der Waals surface area contributed by atoms with E-state index in [4.69, 9.17) is 0 Å². The number of aryl methyl sites for hydroxylation is 1. The van der Waals surface area contributed by atoms with E-state index in [-0.39, 0.29) is 18.4 Å². The predicted octanol–water partition coefficient (Wildman–Crippen LogP) is 1.46. The van der Waals surface area contributed by atoms with E-state index in [1.807, 2.05) is 31.2 Å². The number of piperazine rings is 1. The van der Waals surface area contributed by atoms with E-state index in [2.05, 4.69) is 15.2 Å². The third kappa shape index (κ3) is 3.41. The van der Waals surface area contributed by atoms with Crippen molar-refractivity contribution in [1.29, 1.82) is 0 Å². The van der Waals surface area contributed by atoms with Crippen LogP contribution < -0.4 is 4.90 Å². The maximum atomic E-state index is 12.7. The number of benzene rings is 1. The van der Waals surface area contributed by atoms with E-state index >= 15 is 0 Å². The molecular formula is C19H18N6O2. The maximum Gasteiger partial charge on any atom is 0.255 e. The Labute approximate surface area is 156 Å². The van der Waals surface area contributed by atoms with Gasteiger partial charge in [0.15, 0.2) is 0 Å². The molecule has 0 N–H and O–H groups in total. The Hall–Kier alpha value is -3.55. The lowest BCUT2D eigenvalue weighted by Crippen LogP contribution is -2.52. The molecule has 8 nitrogen and oxygen atoms in total. The number of hydrogen-bond acceptors (Lipinski definition) is 5. The maximum absolute atomic E-state index is 12.7. The minimum absolute atomic E-state index is 0.0555. The number of rotatable bonds is 3. The molecule has 2 aromatic heterocycles. The summed E-state index contributed by atoms with van der Waals surface area (Å²) in [6.07, 6.45) is 4.58. The monoisotopic (exact) mass is 362 g/mol. The van der Waals surface area contributed by atoms with Gasteiger partial charge in [-0.1, -0.05) is 17.7 Å². The highest BCUT2D eigenvalue weighted by Gasteiger charge is 2.28. The fraction of sp³-hybridized carbons (Fsp3) is 0.211. The summed E-state index contributed by atoms with van der Waals surface area (Å²) in [7, 11) is 0. The molecular weight excluding hydrogens is 344 g/mol. The fourth-order valence-electron chi connectivity index (χ4n) is 3.01. The van der Waals surface area contributed by atoms with Crippen molar-refractivity contribution in [3.8, 4) is 5.82 Å². The largest absolute Gasteiger partial charge is 0.327 e. The summed E-state index contributed by atoms with van der Waals surface area (Å²) in [4.78, 5) is 32.8. The Morgan fingerprint density at radius 1 is 1.00 bits per heavy atom. The van der Waals surface area contributed by atoms with Crippen molar-refractivity contribution in [2.24, 2.45) is 0 Å². The highest BCUT2D eigenvalue weighted by atomic mass is 16.2. The standard InChI is InChI=1S/C19H18N6O2/c1-14-2-5-16(6-3-14)25-9-8-23(11-18(25)26)19(27)15-4-7-17(20-10-15)24-12-21-22-13-24/h2-7,10,12-13H,8-9,11H2,1H3. The molecule has 3 aromatic rings. The van der Waals surface area contributed by atoms with Crippen molar-refractivity contribution in [2.45, 2.75) is 6.92 Å². The van der Waals surface area contributed by atoms with Gasteiger partial charge < -0.3 is 9.80 Å². The second-order valence-corrected chi connectivity index (χ2v) is 6.38. The van der Waals surface area contributed by atoms with Crippen LogP contribution in [-0.4, -0.2) is 56.1 Å². The van der Waals surface area contributed by atoms with Crippen molar-refractivity contribution in [1.82, 2.24) is 24.6 Å². The lowest BCUT2D eigenvalue weighted by Gasteiger charge is -2.34. The van der Waals surface area contributed by atoms with E-state index in [0.717, 1.165) is 11.3 Å². The summed E-state index contributed by atoms with van der Waals surface area (Å²) < 4.78 is 1.65. The molecule has 3 heterocycles. The van der Waals surface area contributed by atoms with Crippen molar-refractivity contribution < 1.29 is 9.59 Å². The van der Waals surface area contributed by atoms with Gasteiger partial charge in [-0.2, -0.15) is 0 Å². The molecule has 8 heteroatoms. The van der Waals surface area contributed by atoms with E-state index in [1.54, 1.807) is 26.5 Å². The molecule has 136 valence electrons. The van der Waals surface area contributed by atoms with Crippen molar-refractivity contribution in [2.75, 3.05) is 24.5 Å². The summed E-state index contributed by atoms with van der Waals surface area (Å²) in [6, 6.07) is 11.2. The van der Waals surface area contributed by atoms with Gasteiger partial charge in [0.25, 0.3) is 5.91 Å². The van der Waals surface area contributed by atoms with Crippen LogP contribution in [0.15, 0.2) is 55.2 Å². The zero-order valence-corrected chi connectivity index (χ0v) is 14.8. The second-order valence-electron chi connectivity index (χ2n) is 6.38. The van der Waals surface area contributed by atoms with Crippen molar-refractivity contribution in [3.05, 3.63) is 66.4 Å². The Kier molecular flexibility index (Phi) is 4.37. The molecule has 0 radical (unpaired) electrons. The molecule has 0 bridgehead atoms. The summed E-state index contributed by atoms with van der Waals surface area (Å²) in [6.45, 7) is 3.01. The Morgan fingerprint density at radius 2 is 1.74 bits per heavy atom. The second kappa shape index (κ2) is 6.99. The normalized spacial score (nSPS) is 14.5. The van der Waals surface area contributed by atoms with Crippen LogP contribution in [0, 0.1) is 6.92 Å². The SMILES string of the molecule is Cc1ccc(N2CCN(C(=O)c3ccc(-n4cnnc4)nc3)CC2=O)cc1. The minimum atomic E-state index is -0.199. The lowest BCUT2D eigenvalue weighted by molar-refractivity contribution is -0.120. The Bertz CT molecular complexity index is 951. The highest BCUT2D eigenvalue weighted by molar-refractivity contribution is 6.01. The van der Waals surface area contributed by atoms with Crippen LogP contribution in [0.5, 0.6) is 0 Å². The quantitative estimate of drug-likeness (QED) is 0.704. The zero-order chi connectivity index (χ0) is 18.8. The summed E-state index contributed by atoms with van der Waals surface area (Å²) in [5.41, 5.74) is 2.45. The van der Waals surface area contributed by atoms with Crippen LogP contribution in [0.2, 0.25) is 0 Å². The molecule has 1 saturated heterocycles. The van der Waals surface area contributed by atoms with Gasteiger partial charge in [0.05, 0.1) is 5.56 Å². The summed E-state index contributed by atoms with van der Waals surface area (Å²) in [5, 5.41) is 7.46. The molecule has 4 rings (SSSR count). The van der Waals surface area contributed by atoms with Crippen LogP contribution in [-0.2, 0) is 4.79 Å². The zero-order valence-electron chi connectivity index (χ0n) is 14.8. The summed E-state index contributed by atoms with van der Waals surface area (Å²) >= 11 is 0. The van der Waals surface area contributed by atoms with E-state index < -0.39 is 0 Å². The van der Waals surface area contributed by atoms with Gasteiger partial charge in [0.2, 0.25) is 5.91 Å². The first kappa shape index (κ1) is 16.9. The van der Waals surface area contributed by atoms with Gasteiger partial charge in [-0.05, 0) is 31.2 Å². The smallest absolute Gasteiger partial charge is 0.255 e. The molecule has 1 aliphatic heterocycles. The van der Waals surface area contributed by atoms with E-state index in [0.29, 0.717) is 24.5 Å². The van der Waals surface area contributed by atoms with Crippen LogP contribution in [0.25, 0.3) is 5.82 Å². The third-order valence-corrected chi connectivity index (χ3v) is 4.53. The van der Waals surface area contributed by atoms with Crippen LogP contribution in [0.1, 0.15) is 15.9 Å². The molecule has 0 atom stereocenters. The number of amides is 2. The first-order valence-corrected chi connectivity index (χ1v) is 8.59. The number of pyridine rings is 1. The first-order chi connectivity index (χ1) is 13.1. The van der Waals surface area contributed by atoms with Crippen molar-refractivity contribution in [3.63, 3.8) is 0 Å². The van der Waals surface area contributed by atoms with Gasteiger partial charge >= 0.3 is 0 Å². The molecule has 1 aromatic carbocycles. The molecule has 0 unspecified atom stereocenters. The van der Waals surface area contributed by atoms with Crippen LogP contribution in [0.3, 0.4) is 0 Å².